The molecule has 5 fully saturated rings. The summed E-state index contributed by atoms with van der Waals surface area (Å²) < 4.78 is 6.06. The average molecular weight is 427 g/mol. The van der Waals surface area contributed by atoms with Crippen molar-refractivity contribution in [2.45, 2.75) is 91.8 Å². The zero-order valence-electron chi connectivity index (χ0n) is 19.7. The minimum atomic E-state index is -0.405. The predicted octanol–water partition coefficient (Wildman–Crippen LogP) is 4.69. The van der Waals surface area contributed by atoms with E-state index in [1.165, 1.54) is 0 Å². The number of hydrogen-bond donors (Lipinski definition) is 1. The number of carbonyl (C=O) groups excluding carboxylic acids is 2. The molecule has 10 atom stereocenters. The van der Waals surface area contributed by atoms with E-state index in [1.807, 2.05) is 6.08 Å². The quantitative estimate of drug-likeness (QED) is 0.571. The van der Waals surface area contributed by atoms with Crippen LogP contribution in [-0.2, 0) is 14.3 Å². The molecule has 2 spiro atoms. The summed E-state index contributed by atoms with van der Waals surface area (Å²) in [5, 5.41) is 11.7. The average Bonchev–Trinajstić information content (AvgIpc) is 3.30. The molecule has 0 aromatic heterocycles. The molecule has 5 aliphatic carbocycles. The molecule has 0 radical (unpaired) electrons. The van der Waals surface area contributed by atoms with Gasteiger partial charge in [-0.15, -0.1) is 0 Å². The number of allylic oxidation sites excluding steroid dienone is 2. The van der Waals surface area contributed by atoms with Crippen LogP contribution in [0.5, 0.6) is 0 Å². The Morgan fingerprint density at radius 3 is 2.58 bits per heavy atom. The molecule has 0 unspecified atom stereocenters. The van der Waals surface area contributed by atoms with Crippen molar-refractivity contribution in [3.63, 3.8) is 0 Å². The molecule has 1 heterocycles. The normalized spacial score (nSPS) is 58.8. The van der Waals surface area contributed by atoms with Crippen LogP contribution >= 0.6 is 0 Å². The van der Waals surface area contributed by atoms with Gasteiger partial charge >= 0.3 is 5.97 Å². The van der Waals surface area contributed by atoms with Crippen molar-refractivity contribution in [3.05, 3.63) is 12.2 Å². The van der Waals surface area contributed by atoms with Crippen LogP contribution < -0.4 is 0 Å². The van der Waals surface area contributed by atoms with Crippen molar-refractivity contribution in [1.82, 2.24) is 0 Å². The van der Waals surface area contributed by atoms with Crippen LogP contribution in [0.2, 0.25) is 0 Å². The Morgan fingerprint density at radius 2 is 1.84 bits per heavy atom. The number of ether oxygens (including phenoxy) is 1. The second kappa shape index (κ2) is 5.66. The van der Waals surface area contributed by atoms with Crippen molar-refractivity contribution in [2.24, 2.45) is 50.7 Å². The van der Waals surface area contributed by atoms with E-state index in [0.29, 0.717) is 24.7 Å². The molecule has 6 aliphatic rings. The zero-order valence-corrected chi connectivity index (χ0v) is 19.7. The largest absolute Gasteiger partial charge is 0.462 e. The third-order valence-corrected chi connectivity index (χ3v) is 12.1. The lowest BCUT2D eigenvalue weighted by Crippen LogP contribution is -2.60. The van der Waals surface area contributed by atoms with Gasteiger partial charge in [0.2, 0.25) is 0 Å². The summed E-state index contributed by atoms with van der Waals surface area (Å²) in [5.41, 5.74) is -0.239. The summed E-state index contributed by atoms with van der Waals surface area (Å²) in [6.07, 6.45) is 10.1. The second-order valence-electron chi connectivity index (χ2n) is 13.2. The smallest absolute Gasteiger partial charge is 0.306 e. The molecule has 0 bridgehead atoms. The zero-order chi connectivity index (χ0) is 22.2. The maximum Gasteiger partial charge on any atom is 0.306 e. The first-order chi connectivity index (χ1) is 14.4. The van der Waals surface area contributed by atoms with Crippen LogP contribution in [0.25, 0.3) is 0 Å². The van der Waals surface area contributed by atoms with Gasteiger partial charge in [0.25, 0.3) is 0 Å². The Hall–Kier alpha value is -1.16. The molecular formula is C27H38O4. The first-order valence-corrected chi connectivity index (χ1v) is 12.5. The predicted molar refractivity (Wildman–Crippen MR) is 117 cm³/mol. The van der Waals surface area contributed by atoms with Gasteiger partial charge in [-0.3, -0.25) is 9.59 Å². The number of ketones is 1. The summed E-state index contributed by atoms with van der Waals surface area (Å²) in [5.74, 6) is 1.45. The van der Waals surface area contributed by atoms with Gasteiger partial charge in [0.1, 0.15) is 6.10 Å². The molecule has 31 heavy (non-hydrogen) atoms. The fourth-order valence-electron chi connectivity index (χ4n) is 10.6. The Bertz CT molecular complexity index is 905. The monoisotopic (exact) mass is 426 g/mol. The van der Waals surface area contributed by atoms with E-state index in [1.54, 1.807) is 0 Å². The van der Waals surface area contributed by atoms with Crippen molar-refractivity contribution in [2.75, 3.05) is 0 Å². The van der Waals surface area contributed by atoms with E-state index in [9.17, 15) is 14.7 Å². The fraction of sp³-hybridized carbons (Fsp3) is 0.852. The van der Waals surface area contributed by atoms with Gasteiger partial charge in [-0.2, -0.15) is 0 Å². The Kier molecular flexibility index (Phi) is 3.73. The molecule has 4 nitrogen and oxygen atoms in total. The summed E-state index contributed by atoms with van der Waals surface area (Å²) >= 11 is 0. The highest BCUT2D eigenvalue weighted by atomic mass is 16.5. The summed E-state index contributed by atoms with van der Waals surface area (Å²) in [6, 6.07) is 0. The van der Waals surface area contributed by atoms with Gasteiger partial charge in [-0.05, 0) is 84.0 Å². The maximum atomic E-state index is 12.7. The molecule has 0 aromatic carbocycles. The number of aliphatic hydroxyl groups is 1. The molecule has 4 saturated carbocycles. The molecule has 0 amide bonds. The molecule has 4 heteroatoms. The molecule has 6 rings (SSSR count). The van der Waals surface area contributed by atoms with Gasteiger partial charge < -0.3 is 9.84 Å². The Morgan fingerprint density at radius 1 is 1.10 bits per heavy atom. The highest BCUT2D eigenvalue weighted by Crippen LogP contribution is 2.88. The number of rotatable bonds is 0. The van der Waals surface area contributed by atoms with Crippen molar-refractivity contribution in [1.29, 1.82) is 0 Å². The van der Waals surface area contributed by atoms with Crippen molar-refractivity contribution < 1.29 is 19.4 Å². The van der Waals surface area contributed by atoms with Crippen molar-refractivity contribution >= 4 is 11.8 Å². The van der Waals surface area contributed by atoms with Gasteiger partial charge in [0.05, 0.1) is 6.10 Å². The summed E-state index contributed by atoms with van der Waals surface area (Å²) in [4.78, 5) is 25.1. The number of esters is 1. The van der Waals surface area contributed by atoms with Gasteiger partial charge in [-0.1, -0.05) is 40.7 Å². The van der Waals surface area contributed by atoms with Crippen LogP contribution in [0.15, 0.2) is 12.2 Å². The summed E-state index contributed by atoms with van der Waals surface area (Å²) in [7, 11) is 0. The maximum absolute atomic E-state index is 12.7. The van der Waals surface area contributed by atoms with Gasteiger partial charge in [0.15, 0.2) is 5.78 Å². The van der Waals surface area contributed by atoms with Crippen LogP contribution in [0.4, 0.5) is 0 Å². The second-order valence-corrected chi connectivity index (χ2v) is 13.2. The number of carbonyl (C=O) groups is 2. The minimum Gasteiger partial charge on any atom is -0.462 e. The standard InChI is InChI=1S/C27H38O4/c1-15-6-7-20(30)31-17-13-25(5)22-16(28)12-18-23(2,3)19(29)8-9-26(18)14-27(22,26)11-10-24(25,4)21(15)17/h8-9,15-18,21-22,28H,6-7,10-14H2,1-5H3/t15-,16+,17-,18+,21+,22+,24-,25+,26-,27+/m1/s1. The van der Waals surface area contributed by atoms with Gasteiger partial charge in [-0.25, -0.2) is 0 Å². The summed E-state index contributed by atoms with van der Waals surface area (Å²) in [6.45, 7) is 11.3. The SMILES string of the molecule is C[C@@H]1CCC(=O)O[C@@H]2C[C@@]3(C)[C@@H]4[C@@H](O)C[C@H]5C(C)(C)C(=O)C=C[C@@]56C[C@@]46CC[C@]3(C)[C@@H]12. The third kappa shape index (κ3) is 2.08. The minimum absolute atomic E-state index is 0.0188. The number of fused-ring (bicyclic) bond motifs is 4. The number of hydrogen-bond acceptors (Lipinski definition) is 4. The number of aliphatic hydroxyl groups excluding tert-OH is 1. The molecular weight excluding hydrogens is 388 g/mol. The molecule has 1 aliphatic heterocycles. The topological polar surface area (TPSA) is 63.6 Å². The van der Waals surface area contributed by atoms with E-state index in [0.717, 1.165) is 32.1 Å². The lowest BCUT2D eigenvalue weighted by molar-refractivity contribution is -0.177. The highest BCUT2D eigenvalue weighted by Gasteiger charge is 2.84. The molecule has 1 saturated heterocycles. The van der Waals surface area contributed by atoms with E-state index in [-0.39, 0.29) is 51.4 Å². The lowest BCUT2D eigenvalue weighted by atomic mass is 9.42. The van der Waals surface area contributed by atoms with Crippen molar-refractivity contribution in [3.8, 4) is 0 Å². The molecule has 0 aromatic rings. The first-order valence-electron chi connectivity index (χ1n) is 12.5. The van der Waals surface area contributed by atoms with E-state index >= 15 is 0 Å². The molecule has 1 N–H and O–H groups in total. The van der Waals surface area contributed by atoms with E-state index in [2.05, 4.69) is 40.7 Å². The fourth-order valence-corrected chi connectivity index (χ4v) is 10.6. The van der Waals surface area contributed by atoms with E-state index < -0.39 is 11.5 Å². The van der Waals surface area contributed by atoms with Gasteiger partial charge in [0, 0.05) is 17.8 Å². The third-order valence-electron chi connectivity index (χ3n) is 12.1. The lowest BCUT2D eigenvalue weighted by Gasteiger charge is -2.62. The molecule has 170 valence electrons. The van der Waals surface area contributed by atoms with Crippen LogP contribution in [-0.4, -0.2) is 29.1 Å². The Labute approximate surface area is 186 Å². The van der Waals surface area contributed by atoms with Crippen LogP contribution in [0.3, 0.4) is 0 Å². The van der Waals surface area contributed by atoms with Crippen LogP contribution in [0, 0.1) is 50.7 Å². The Balaban J connectivity index is 1.46. The first kappa shape index (κ1) is 20.4. The highest BCUT2D eigenvalue weighted by molar-refractivity contribution is 5.96. The van der Waals surface area contributed by atoms with Crippen LogP contribution in [0.1, 0.15) is 79.6 Å². The van der Waals surface area contributed by atoms with E-state index in [4.69, 9.17) is 4.74 Å².